The first kappa shape index (κ1) is 16.3. The topological polar surface area (TPSA) is 24.8 Å². The Labute approximate surface area is 161 Å². The molecule has 27 heavy (non-hydrogen) atoms. The Bertz CT molecular complexity index is 1030. The van der Waals surface area contributed by atoms with Gasteiger partial charge in [0.15, 0.2) is 0 Å². The van der Waals surface area contributed by atoms with Gasteiger partial charge in [-0.3, -0.25) is 0 Å². The van der Waals surface area contributed by atoms with Crippen LogP contribution in [0.4, 0.5) is 4.39 Å². The minimum absolute atomic E-state index is 0.00485. The van der Waals surface area contributed by atoms with E-state index in [1.807, 2.05) is 59.6 Å². The lowest BCUT2D eigenvalue weighted by Crippen LogP contribution is -2.34. The summed E-state index contributed by atoms with van der Waals surface area (Å²) < 4.78 is 20.7. The van der Waals surface area contributed by atoms with Gasteiger partial charge in [0.05, 0.1) is 17.3 Å². The van der Waals surface area contributed by atoms with Crippen molar-refractivity contribution in [3.8, 4) is 5.75 Å². The van der Waals surface area contributed by atoms with Crippen LogP contribution < -0.4 is 4.74 Å². The van der Waals surface area contributed by atoms with Crippen LogP contribution >= 0.6 is 11.6 Å². The Morgan fingerprint density at radius 3 is 2.41 bits per heavy atom. The lowest BCUT2D eigenvalue weighted by atomic mass is 9.96. The van der Waals surface area contributed by atoms with Crippen LogP contribution in [0.3, 0.4) is 0 Å². The number of rotatable bonds is 2. The molecule has 0 unspecified atom stereocenters. The summed E-state index contributed by atoms with van der Waals surface area (Å²) >= 11 is 6.02. The molecule has 0 radical (unpaired) electrons. The standard InChI is InChI=1S/C22H16ClFN2O/c23-15-11-9-14(10-12-15)19-13-20-17-6-2-4-8-21(17)27-22(26(20)25-19)16-5-1-3-7-18(16)24/h1-12,20,22H,13H2/t20-,22-/m0/s1. The Morgan fingerprint density at radius 1 is 0.926 bits per heavy atom. The predicted octanol–water partition coefficient (Wildman–Crippen LogP) is 5.72. The molecule has 134 valence electrons. The molecule has 2 aliphatic rings. The van der Waals surface area contributed by atoms with Gasteiger partial charge in [0, 0.05) is 17.0 Å². The monoisotopic (exact) mass is 378 g/mol. The summed E-state index contributed by atoms with van der Waals surface area (Å²) in [4.78, 5) is 0. The Morgan fingerprint density at radius 2 is 1.63 bits per heavy atom. The molecular formula is C22H16ClFN2O. The molecule has 0 saturated heterocycles. The van der Waals surface area contributed by atoms with Gasteiger partial charge in [-0.15, -0.1) is 0 Å². The summed E-state index contributed by atoms with van der Waals surface area (Å²) in [7, 11) is 0. The number of hydrogen-bond donors (Lipinski definition) is 0. The third-order valence-corrected chi connectivity index (χ3v) is 5.30. The molecule has 2 aliphatic heterocycles. The van der Waals surface area contributed by atoms with Crippen LogP contribution in [-0.2, 0) is 0 Å². The predicted molar refractivity (Wildman–Crippen MR) is 103 cm³/mol. The first-order chi connectivity index (χ1) is 13.2. The zero-order chi connectivity index (χ0) is 18.4. The number of fused-ring (bicyclic) bond motifs is 3. The van der Waals surface area contributed by atoms with Gasteiger partial charge < -0.3 is 4.74 Å². The largest absolute Gasteiger partial charge is 0.464 e. The van der Waals surface area contributed by atoms with E-state index in [2.05, 4.69) is 0 Å². The quantitative estimate of drug-likeness (QED) is 0.569. The molecule has 3 nitrogen and oxygen atoms in total. The Kier molecular flexibility index (Phi) is 3.87. The summed E-state index contributed by atoms with van der Waals surface area (Å²) in [5.41, 5.74) is 3.51. The van der Waals surface area contributed by atoms with Crippen LogP contribution in [0.5, 0.6) is 5.75 Å². The van der Waals surface area contributed by atoms with Gasteiger partial charge in [-0.25, -0.2) is 9.40 Å². The molecule has 2 heterocycles. The van der Waals surface area contributed by atoms with Gasteiger partial charge in [-0.1, -0.05) is 60.1 Å². The van der Waals surface area contributed by atoms with Crippen LogP contribution in [0.1, 0.15) is 35.4 Å². The van der Waals surface area contributed by atoms with Crippen LogP contribution in [0.25, 0.3) is 0 Å². The second kappa shape index (κ2) is 6.39. The first-order valence-electron chi connectivity index (χ1n) is 8.82. The highest BCUT2D eigenvalue weighted by atomic mass is 35.5. The minimum Gasteiger partial charge on any atom is -0.464 e. The number of benzene rings is 3. The molecule has 0 amide bonds. The number of para-hydroxylation sites is 1. The average molecular weight is 379 g/mol. The van der Waals surface area contributed by atoms with Crippen LogP contribution in [-0.4, -0.2) is 10.7 Å². The fourth-order valence-corrected chi connectivity index (χ4v) is 3.86. The zero-order valence-corrected chi connectivity index (χ0v) is 15.1. The molecule has 0 aliphatic carbocycles. The lowest BCUT2D eigenvalue weighted by Gasteiger charge is -2.38. The summed E-state index contributed by atoms with van der Waals surface area (Å²) in [6.07, 6.45) is 0.128. The molecule has 0 saturated carbocycles. The molecular weight excluding hydrogens is 363 g/mol. The maximum atomic E-state index is 14.5. The van der Waals surface area contributed by atoms with Crippen molar-refractivity contribution in [2.45, 2.75) is 18.7 Å². The van der Waals surface area contributed by atoms with E-state index in [1.54, 1.807) is 12.1 Å². The van der Waals surface area contributed by atoms with Gasteiger partial charge in [-0.05, 0) is 29.8 Å². The van der Waals surface area contributed by atoms with Crippen molar-refractivity contribution in [2.24, 2.45) is 5.10 Å². The molecule has 5 heteroatoms. The van der Waals surface area contributed by atoms with Gasteiger partial charge in [0.2, 0.25) is 6.23 Å². The smallest absolute Gasteiger partial charge is 0.216 e. The molecule has 3 aromatic rings. The second-order valence-electron chi connectivity index (χ2n) is 6.68. The second-order valence-corrected chi connectivity index (χ2v) is 7.12. The molecule has 2 atom stereocenters. The highest BCUT2D eigenvalue weighted by molar-refractivity contribution is 6.30. The maximum absolute atomic E-state index is 14.5. The Balaban J connectivity index is 1.61. The van der Waals surface area contributed by atoms with E-state index in [-0.39, 0.29) is 11.9 Å². The van der Waals surface area contributed by atoms with Gasteiger partial charge in [0.25, 0.3) is 0 Å². The third kappa shape index (κ3) is 2.77. The molecule has 0 bridgehead atoms. The summed E-state index contributed by atoms with van der Waals surface area (Å²) in [5.74, 6) is 0.482. The third-order valence-electron chi connectivity index (χ3n) is 5.05. The van der Waals surface area contributed by atoms with Crippen molar-refractivity contribution in [3.63, 3.8) is 0 Å². The average Bonchev–Trinajstić information content (AvgIpc) is 3.14. The van der Waals surface area contributed by atoms with Crippen molar-refractivity contribution in [2.75, 3.05) is 0 Å². The van der Waals surface area contributed by atoms with Crippen LogP contribution in [0, 0.1) is 5.82 Å². The minimum atomic E-state index is -0.601. The van der Waals surface area contributed by atoms with Crippen molar-refractivity contribution in [1.29, 1.82) is 0 Å². The molecule has 0 N–H and O–H groups in total. The zero-order valence-electron chi connectivity index (χ0n) is 14.3. The van der Waals surface area contributed by atoms with Crippen molar-refractivity contribution in [3.05, 3.63) is 100 Å². The number of nitrogens with zero attached hydrogens (tertiary/aromatic N) is 2. The van der Waals surface area contributed by atoms with E-state index in [4.69, 9.17) is 21.4 Å². The van der Waals surface area contributed by atoms with Gasteiger partial charge in [-0.2, -0.15) is 5.10 Å². The molecule has 0 spiro atoms. The lowest BCUT2D eigenvalue weighted by molar-refractivity contribution is -0.0212. The van der Waals surface area contributed by atoms with Gasteiger partial charge in [0.1, 0.15) is 11.6 Å². The fraction of sp³-hybridized carbons (Fsp3) is 0.136. The Hall–Kier alpha value is -2.85. The van der Waals surface area contributed by atoms with Crippen LogP contribution in [0.15, 0.2) is 77.9 Å². The number of hydrazone groups is 1. The molecule has 3 aromatic carbocycles. The number of ether oxygens (including phenoxy) is 1. The highest BCUT2D eigenvalue weighted by Gasteiger charge is 2.41. The highest BCUT2D eigenvalue weighted by Crippen LogP contribution is 2.47. The SMILES string of the molecule is Fc1ccccc1[C@@H]1Oc2ccccc2[C@@H]2CC(c3ccc(Cl)cc3)=NN21. The first-order valence-corrected chi connectivity index (χ1v) is 9.20. The van der Waals surface area contributed by atoms with Crippen molar-refractivity contribution >= 4 is 17.3 Å². The molecule has 0 fully saturated rings. The van der Waals surface area contributed by atoms with E-state index < -0.39 is 6.23 Å². The summed E-state index contributed by atoms with van der Waals surface area (Å²) in [5, 5.41) is 7.39. The van der Waals surface area contributed by atoms with E-state index >= 15 is 0 Å². The van der Waals surface area contributed by atoms with E-state index in [0.29, 0.717) is 10.6 Å². The number of hydrogen-bond acceptors (Lipinski definition) is 3. The normalized spacial score (nSPS) is 20.5. The summed E-state index contributed by atoms with van der Waals surface area (Å²) in [6.45, 7) is 0. The van der Waals surface area contributed by atoms with E-state index in [1.165, 1.54) is 6.07 Å². The van der Waals surface area contributed by atoms with E-state index in [9.17, 15) is 4.39 Å². The fourth-order valence-electron chi connectivity index (χ4n) is 3.73. The van der Waals surface area contributed by atoms with Crippen LogP contribution in [0.2, 0.25) is 5.02 Å². The maximum Gasteiger partial charge on any atom is 0.216 e. The summed E-state index contributed by atoms with van der Waals surface area (Å²) in [6, 6.07) is 22.2. The van der Waals surface area contributed by atoms with Crippen molar-refractivity contribution in [1.82, 2.24) is 5.01 Å². The van der Waals surface area contributed by atoms with Gasteiger partial charge >= 0.3 is 0 Å². The van der Waals surface area contributed by atoms with E-state index in [0.717, 1.165) is 29.0 Å². The molecule has 0 aromatic heterocycles. The molecule has 5 rings (SSSR count). The number of halogens is 2. The van der Waals surface area contributed by atoms with Crippen molar-refractivity contribution < 1.29 is 9.13 Å².